The Balaban J connectivity index is 2.01. The maximum Gasteiger partial charge on any atom is 0.245 e. The van der Waals surface area contributed by atoms with Crippen molar-refractivity contribution in [1.29, 1.82) is 0 Å². The summed E-state index contributed by atoms with van der Waals surface area (Å²) in [4.78, 5) is 27.1. The second kappa shape index (κ2) is 11.0. The van der Waals surface area contributed by atoms with E-state index in [1.54, 1.807) is 4.90 Å². The SMILES string of the molecule is CCCCCCC(=O)NC(Cc1ccccc1)C(=O)N1CCCC1CO. The average molecular weight is 360 g/mol. The van der Waals surface area contributed by atoms with Crippen LogP contribution >= 0.6 is 0 Å². The molecule has 144 valence electrons. The first-order chi connectivity index (χ1) is 12.7. The summed E-state index contributed by atoms with van der Waals surface area (Å²) in [5.74, 6) is -0.137. The zero-order chi connectivity index (χ0) is 18.8. The Morgan fingerprint density at radius 2 is 2.00 bits per heavy atom. The summed E-state index contributed by atoms with van der Waals surface area (Å²) >= 11 is 0. The quantitative estimate of drug-likeness (QED) is 0.630. The molecule has 5 heteroatoms. The van der Waals surface area contributed by atoms with Gasteiger partial charge in [-0.2, -0.15) is 0 Å². The number of likely N-dealkylation sites (tertiary alicyclic amines) is 1. The maximum atomic E-state index is 13.0. The molecule has 0 bridgehead atoms. The highest BCUT2D eigenvalue weighted by atomic mass is 16.3. The van der Waals surface area contributed by atoms with Gasteiger partial charge in [-0.1, -0.05) is 56.5 Å². The minimum absolute atomic E-state index is 0.0191. The Labute approximate surface area is 156 Å². The van der Waals surface area contributed by atoms with Crippen LogP contribution in [0.3, 0.4) is 0 Å². The third kappa shape index (κ3) is 6.13. The number of benzene rings is 1. The fourth-order valence-corrected chi connectivity index (χ4v) is 3.54. The number of aliphatic hydroxyl groups excluding tert-OH is 1. The van der Waals surface area contributed by atoms with Crippen molar-refractivity contribution in [3.05, 3.63) is 35.9 Å². The molecule has 1 aliphatic heterocycles. The van der Waals surface area contributed by atoms with E-state index in [2.05, 4.69) is 12.2 Å². The van der Waals surface area contributed by atoms with Crippen molar-refractivity contribution >= 4 is 11.8 Å². The lowest BCUT2D eigenvalue weighted by Crippen LogP contribution is -2.51. The standard InChI is InChI=1S/C21H32N2O3/c1-2-3-4-8-13-20(25)22-19(15-17-10-6-5-7-11-17)21(26)23-14-9-12-18(23)16-24/h5-7,10-11,18-19,24H,2-4,8-9,12-16H2,1H3,(H,22,25). The second-order valence-electron chi connectivity index (χ2n) is 7.13. The van der Waals surface area contributed by atoms with Crippen LogP contribution in [0, 0.1) is 0 Å². The average Bonchev–Trinajstić information content (AvgIpc) is 3.14. The van der Waals surface area contributed by atoms with Crippen molar-refractivity contribution in [1.82, 2.24) is 10.2 Å². The van der Waals surface area contributed by atoms with Crippen LogP contribution in [0.15, 0.2) is 30.3 Å². The van der Waals surface area contributed by atoms with Crippen molar-refractivity contribution in [2.45, 2.75) is 70.4 Å². The third-order valence-corrected chi connectivity index (χ3v) is 5.04. The number of rotatable bonds is 10. The molecule has 1 aliphatic rings. The van der Waals surface area contributed by atoms with Gasteiger partial charge in [0.1, 0.15) is 6.04 Å². The molecule has 1 aromatic rings. The molecule has 0 aliphatic carbocycles. The minimum Gasteiger partial charge on any atom is -0.394 e. The molecular weight excluding hydrogens is 328 g/mol. The van der Waals surface area contributed by atoms with Crippen LogP contribution in [0.4, 0.5) is 0 Å². The Kier molecular flexibility index (Phi) is 8.62. The van der Waals surface area contributed by atoms with E-state index < -0.39 is 6.04 Å². The number of unbranched alkanes of at least 4 members (excludes halogenated alkanes) is 3. The molecule has 2 amide bonds. The molecule has 2 unspecified atom stereocenters. The zero-order valence-electron chi connectivity index (χ0n) is 15.8. The van der Waals surface area contributed by atoms with Crippen LogP contribution in [0.5, 0.6) is 0 Å². The van der Waals surface area contributed by atoms with Crippen LogP contribution in [-0.2, 0) is 16.0 Å². The van der Waals surface area contributed by atoms with Crippen molar-refractivity contribution in [2.24, 2.45) is 0 Å². The van der Waals surface area contributed by atoms with Crippen molar-refractivity contribution in [2.75, 3.05) is 13.2 Å². The van der Waals surface area contributed by atoms with Crippen LogP contribution in [0.2, 0.25) is 0 Å². The van der Waals surface area contributed by atoms with E-state index in [1.807, 2.05) is 30.3 Å². The molecule has 0 saturated carbocycles. The van der Waals surface area contributed by atoms with Gasteiger partial charge in [-0.25, -0.2) is 0 Å². The molecule has 1 aromatic carbocycles. The van der Waals surface area contributed by atoms with Crippen molar-refractivity contribution < 1.29 is 14.7 Å². The molecule has 1 fully saturated rings. The lowest BCUT2D eigenvalue weighted by atomic mass is 10.0. The van der Waals surface area contributed by atoms with E-state index >= 15 is 0 Å². The first kappa shape index (κ1) is 20.4. The number of nitrogens with one attached hydrogen (secondary N) is 1. The Hall–Kier alpha value is -1.88. The largest absolute Gasteiger partial charge is 0.394 e. The molecule has 2 atom stereocenters. The van der Waals surface area contributed by atoms with E-state index in [-0.39, 0.29) is 24.5 Å². The summed E-state index contributed by atoms with van der Waals surface area (Å²) in [6.45, 7) is 2.78. The lowest BCUT2D eigenvalue weighted by molar-refractivity contribution is -0.137. The topological polar surface area (TPSA) is 69.6 Å². The lowest BCUT2D eigenvalue weighted by Gasteiger charge is -2.28. The highest BCUT2D eigenvalue weighted by Crippen LogP contribution is 2.19. The van der Waals surface area contributed by atoms with Gasteiger partial charge in [0.2, 0.25) is 11.8 Å². The Morgan fingerprint density at radius 3 is 2.69 bits per heavy atom. The highest BCUT2D eigenvalue weighted by molar-refractivity contribution is 5.88. The second-order valence-corrected chi connectivity index (χ2v) is 7.13. The number of amides is 2. The fourth-order valence-electron chi connectivity index (χ4n) is 3.54. The third-order valence-electron chi connectivity index (χ3n) is 5.04. The van der Waals surface area contributed by atoms with E-state index in [0.29, 0.717) is 19.4 Å². The maximum absolute atomic E-state index is 13.0. The minimum atomic E-state index is -0.566. The molecule has 0 radical (unpaired) electrons. The molecular formula is C21H32N2O3. The Morgan fingerprint density at radius 1 is 1.23 bits per heavy atom. The van der Waals surface area contributed by atoms with Gasteiger partial charge in [0.25, 0.3) is 0 Å². The number of carbonyl (C=O) groups excluding carboxylic acids is 2. The van der Waals surface area contributed by atoms with Crippen molar-refractivity contribution in [3.63, 3.8) is 0 Å². The monoisotopic (exact) mass is 360 g/mol. The van der Waals surface area contributed by atoms with E-state index in [9.17, 15) is 14.7 Å². The first-order valence-electron chi connectivity index (χ1n) is 9.90. The predicted octanol–water partition coefficient (Wildman–Crippen LogP) is 2.67. The molecule has 26 heavy (non-hydrogen) atoms. The number of hydrogen-bond donors (Lipinski definition) is 2. The van der Waals surface area contributed by atoms with Crippen molar-refractivity contribution in [3.8, 4) is 0 Å². The van der Waals surface area contributed by atoms with Gasteiger partial charge in [-0.05, 0) is 24.8 Å². The summed E-state index contributed by atoms with van der Waals surface area (Å²) in [6, 6.07) is 9.08. The van der Waals surface area contributed by atoms with Gasteiger partial charge in [-0.15, -0.1) is 0 Å². The molecule has 0 spiro atoms. The van der Waals surface area contributed by atoms with Gasteiger partial charge in [0.15, 0.2) is 0 Å². The Bertz CT molecular complexity index is 562. The number of nitrogens with zero attached hydrogens (tertiary/aromatic N) is 1. The molecule has 2 N–H and O–H groups in total. The molecule has 1 heterocycles. The van der Waals surface area contributed by atoms with Crippen LogP contribution in [-0.4, -0.2) is 47.1 Å². The number of hydrogen-bond acceptors (Lipinski definition) is 3. The van der Waals surface area contributed by atoms with Crippen LogP contribution in [0.25, 0.3) is 0 Å². The van der Waals surface area contributed by atoms with E-state index in [1.165, 1.54) is 0 Å². The van der Waals surface area contributed by atoms with Crippen LogP contribution < -0.4 is 5.32 Å². The van der Waals surface area contributed by atoms with Gasteiger partial charge in [0, 0.05) is 19.4 Å². The molecule has 0 aromatic heterocycles. The molecule has 1 saturated heterocycles. The van der Waals surface area contributed by atoms with Gasteiger partial charge < -0.3 is 15.3 Å². The predicted molar refractivity (Wildman–Crippen MR) is 103 cm³/mol. The van der Waals surface area contributed by atoms with Gasteiger partial charge in [-0.3, -0.25) is 9.59 Å². The summed E-state index contributed by atoms with van der Waals surface area (Å²) in [7, 11) is 0. The molecule has 2 rings (SSSR count). The summed E-state index contributed by atoms with van der Waals surface area (Å²) < 4.78 is 0. The number of carbonyl (C=O) groups is 2. The van der Waals surface area contributed by atoms with Gasteiger partial charge >= 0.3 is 0 Å². The summed E-state index contributed by atoms with van der Waals surface area (Å²) in [6.07, 6.45) is 6.83. The van der Waals surface area contributed by atoms with Gasteiger partial charge in [0.05, 0.1) is 12.6 Å². The first-order valence-corrected chi connectivity index (χ1v) is 9.90. The van der Waals surface area contributed by atoms with E-state index in [4.69, 9.17) is 0 Å². The zero-order valence-corrected chi connectivity index (χ0v) is 15.8. The normalized spacial score (nSPS) is 17.9. The molecule has 5 nitrogen and oxygen atoms in total. The fraction of sp³-hybridized carbons (Fsp3) is 0.619. The summed E-state index contributed by atoms with van der Waals surface area (Å²) in [5.41, 5.74) is 1.02. The number of aliphatic hydroxyl groups is 1. The highest BCUT2D eigenvalue weighted by Gasteiger charge is 2.33. The summed E-state index contributed by atoms with van der Waals surface area (Å²) in [5, 5.41) is 12.5. The smallest absolute Gasteiger partial charge is 0.245 e. The van der Waals surface area contributed by atoms with Crippen LogP contribution in [0.1, 0.15) is 57.4 Å². The van der Waals surface area contributed by atoms with E-state index in [0.717, 1.165) is 44.1 Å².